The Kier molecular flexibility index (Phi) is 7.12. The van der Waals surface area contributed by atoms with Crippen LogP contribution in [0.1, 0.15) is 38.1 Å². The average Bonchev–Trinajstić information content (AvgIpc) is 3.04. The second-order valence-corrected chi connectivity index (χ2v) is 6.54. The van der Waals surface area contributed by atoms with Crippen LogP contribution >= 0.6 is 0 Å². The first-order valence-electron chi connectivity index (χ1n) is 10.4. The number of carbonyl (C=O) groups excluding carboxylic acids is 1. The van der Waals surface area contributed by atoms with Crippen molar-refractivity contribution in [3.8, 4) is 23.1 Å². The number of rotatable bonds is 9. The van der Waals surface area contributed by atoms with E-state index in [1.54, 1.807) is 16.7 Å². The molecule has 0 bridgehead atoms. The Bertz CT molecular complexity index is 1080. The van der Waals surface area contributed by atoms with Crippen LogP contribution in [-0.2, 0) is 6.54 Å². The lowest BCUT2D eigenvalue weighted by atomic mass is 10.1. The summed E-state index contributed by atoms with van der Waals surface area (Å²) in [7, 11) is 0. The molecule has 0 spiro atoms. The molecule has 0 aliphatic rings. The molecule has 2 aromatic carbocycles. The first-order valence-corrected chi connectivity index (χ1v) is 10.4. The molecule has 0 aliphatic heterocycles. The summed E-state index contributed by atoms with van der Waals surface area (Å²) in [6.07, 6.45) is 0. The predicted octanol–water partition coefficient (Wildman–Crippen LogP) is 5.49. The number of azo groups is 1. The number of nitrogens with zero attached hydrogens (tertiary/aromatic N) is 3. The molecule has 8 heteroatoms. The minimum absolute atomic E-state index is 0.0306. The Balaban J connectivity index is 2.01. The van der Waals surface area contributed by atoms with Gasteiger partial charge in [-0.25, -0.2) is 0 Å². The van der Waals surface area contributed by atoms with E-state index in [1.807, 2.05) is 52.0 Å². The van der Waals surface area contributed by atoms with Gasteiger partial charge in [-0.05, 0) is 45.9 Å². The molecule has 1 aromatic heterocycles. The zero-order valence-corrected chi connectivity index (χ0v) is 18.2. The molecule has 0 radical (unpaired) electrons. The van der Waals surface area contributed by atoms with Crippen LogP contribution in [0.3, 0.4) is 0 Å². The number of aryl methyl sites for hydroxylation is 1. The number of para-hydroxylation sites is 1. The van der Waals surface area contributed by atoms with E-state index in [-0.39, 0.29) is 17.1 Å². The van der Waals surface area contributed by atoms with Crippen molar-refractivity contribution in [2.45, 2.75) is 34.2 Å². The topological polar surface area (TPSA) is 94.6 Å². The zero-order valence-electron chi connectivity index (χ0n) is 18.2. The van der Waals surface area contributed by atoms with Crippen molar-refractivity contribution in [1.82, 2.24) is 4.57 Å². The van der Waals surface area contributed by atoms with Gasteiger partial charge >= 0.3 is 0 Å². The molecule has 3 aromatic rings. The molecular weight excluding hydrogens is 398 g/mol. The van der Waals surface area contributed by atoms with Crippen LogP contribution < -0.4 is 14.2 Å². The SMILES string of the molecule is CCOc1cc(C(=O)N=Nc2c(O)n(CC)c3ccccc23)cc(OCC)c1OCC. The molecule has 8 nitrogen and oxygen atoms in total. The van der Waals surface area contributed by atoms with Crippen LogP contribution in [-0.4, -0.2) is 35.4 Å². The van der Waals surface area contributed by atoms with Gasteiger partial charge in [0.25, 0.3) is 5.91 Å². The van der Waals surface area contributed by atoms with Crippen molar-refractivity contribution in [2.75, 3.05) is 19.8 Å². The summed E-state index contributed by atoms with van der Waals surface area (Å²) in [6, 6.07) is 10.6. The molecule has 1 amide bonds. The predicted molar refractivity (Wildman–Crippen MR) is 118 cm³/mol. The molecule has 1 N–H and O–H groups in total. The van der Waals surface area contributed by atoms with Crippen molar-refractivity contribution in [3.63, 3.8) is 0 Å². The number of ether oxygens (including phenoxy) is 3. The summed E-state index contributed by atoms with van der Waals surface area (Å²) in [5.41, 5.74) is 1.33. The summed E-state index contributed by atoms with van der Waals surface area (Å²) < 4.78 is 18.7. The minimum Gasteiger partial charge on any atom is -0.493 e. The summed E-state index contributed by atoms with van der Waals surface area (Å²) in [5, 5.41) is 19.2. The minimum atomic E-state index is -0.585. The van der Waals surface area contributed by atoms with Gasteiger partial charge in [0.2, 0.25) is 11.6 Å². The standard InChI is InChI=1S/C23H27N3O5/c1-5-26-17-12-10-9-11-16(17)20(23(26)28)24-25-22(27)15-13-18(29-6-2)21(31-8-4)19(14-15)30-7-3/h9-14,28H,5-8H2,1-4H3. The average molecular weight is 425 g/mol. The van der Waals surface area contributed by atoms with Crippen LogP contribution in [0.15, 0.2) is 46.6 Å². The molecule has 0 saturated carbocycles. The Morgan fingerprint density at radius 2 is 1.58 bits per heavy atom. The maximum absolute atomic E-state index is 12.8. The summed E-state index contributed by atoms with van der Waals surface area (Å²) in [5.74, 6) is 0.636. The second-order valence-electron chi connectivity index (χ2n) is 6.54. The molecule has 1 heterocycles. The highest BCUT2D eigenvalue weighted by molar-refractivity contribution is 5.98. The Labute approximate surface area is 181 Å². The van der Waals surface area contributed by atoms with Gasteiger partial charge in [-0.15, -0.1) is 10.2 Å². The summed E-state index contributed by atoms with van der Waals surface area (Å²) >= 11 is 0. The Morgan fingerprint density at radius 1 is 0.968 bits per heavy atom. The van der Waals surface area contributed by atoms with E-state index in [2.05, 4.69) is 10.2 Å². The molecule has 0 aliphatic carbocycles. The number of hydrogen-bond acceptors (Lipinski definition) is 6. The van der Waals surface area contributed by atoms with Gasteiger partial charge in [0, 0.05) is 11.9 Å². The fourth-order valence-corrected chi connectivity index (χ4v) is 3.36. The Morgan fingerprint density at radius 3 is 2.16 bits per heavy atom. The van der Waals surface area contributed by atoms with Crippen LogP contribution in [0.4, 0.5) is 5.69 Å². The third-order valence-electron chi connectivity index (χ3n) is 4.63. The molecule has 0 unspecified atom stereocenters. The quantitative estimate of drug-likeness (QED) is 0.458. The molecule has 3 rings (SSSR count). The largest absolute Gasteiger partial charge is 0.493 e. The molecule has 0 fully saturated rings. The van der Waals surface area contributed by atoms with E-state index in [0.717, 1.165) is 10.9 Å². The maximum Gasteiger partial charge on any atom is 0.295 e. The third kappa shape index (κ3) is 4.47. The van der Waals surface area contributed by atoms with Gasteiger partial charge in [-0.2, -0.15) is 0 Å². The van der Waals surface area contributed by atoms with E-state index >= 15 is 0 Å². The van der Waals surface area contributed by atoms with E-state index < -0.39 is 5.91 Å². The fraction of sp³-hybridized carbons (Fsp3) is 0.348. The van der Waals surface area contributed by atoms with Crippen LogP contribution in [0.5, 0.6) is 23.1 Å². The normalized spacial score (nSPS) is 11.2. The van der Waals surface area contributed by atoms with E-state index in [0.29, 0.717) is 43.6 Å². The number of fused-ring (bicyclic) bond motifs is 1. The number of carbonyl (C=O) groups is 1. The Hall–Kier alpha value is -3.55. The van der Waals surface area contributed by atoms with Crippen LogP contribution in [0, 0.1) is 0 Å². The summed E-state index contributed by atoms with van der Waals surface area (Å²) in [4.78, 5) is 12.8. The summed E-state index contributed by atoms with van der Waals surface area (Å²) in [6.45, 7) is 9.25. The van der Waals surface area contributed by atoms with Gasteiger partial charge in [0.15, 0.2) is 17.2 Å². The number of aromatic hydroxyl groups is 1. The van der Waals surface area contributed by atoms with Crippen molar-refractivity contribution in [2.24, 2.45) is 10.2 Å². The van der Waals surface area contributed by atoms with Crippen molar-refractivity contribution in [3.05, 3.63) is 42.0 Å². The second kappa shape index (κ2) is 9.97. The van der Waals surface area contributed by atoms with E-state index in [9.17, 15) is 9.90 Å². The van der Waals surface area contributed by atoms with Crippen molar-refractivity contribution in [1.29, 1.82) is 0 Å². The van der Waals surface area contributed by atoms with Crippen LogP contribution in [0.25, 0.3) is 10.9 Å². The lowest BCUT2D eigenvalue weighted by molar-refractivity contribution is 0.0994. The van der Waals surface area contributed by atoms with Crippen LogP contribution in [0.2, 0.25) is 0 Å². The van der Waals surface area contributed by atoms with E-state index in [4.69, 9.17) is 14.2 Å². The van der Waals surface area contributed by atoms with Gasteiger partial charge in [-0.1, -0.05) is 18.2 Å². The van der Waals surface area contributed by atoms with Gasteiger partial charge in [0.05, 0.1) is 30.9 Å². The number of benzene rings is 2. The lowest BCUT2D eigenvalue weighted by Crippen LogP contribution is -2.05. The van der Waals surface area contributed by atoms with Crippen molar-refractivity contribution >= 4 is 22.5 Å². The third-order valence-corrected chi connectivity index (χ3v) is 4.63. The highest BCUT2D eigenvalue weighted by Crippen LogP contribution is 2.40. The first kappa shape index (κ1) is 22.1. The zero-order chi connectivity index (χ0) is 22.4. The van der Waals surface area contributed by atoms with Gasteiger partial charge < -0.3 is 23.9 Å². The fourth-order valence-electron chi connectivity index (χ4n) is 3.36. The highest BCUT2D eigenvalue weighted by atomic mass is 16.5. The molecule has 0 atom stereocenters. The molecule has 0 saturated heterocycles. The lowest BCUT2D eigenvalue weighted by Gasteiger charge is -2.16. The monoisotopic (exact) mass is 425 g/mol. The van der Waals surface area contributed by atoms with E-state index in [1.165, 1.54) is 0 Å². The number of amides is 1. The molecule has 31 heavy (non-hydrogen) atoms. The van der Waals surface area contributed by atoms with Gasteiger partial charge in [0.1, 0.15) is 0 Å². The first-order chi connectivity index (χ1) is 15.0. The maximum atomic E-state index is 12.8. The number of aromatic nitrogens is 1. The number of hydrogen-bond donors (Lipinski definition) is 1. The molecule has 164 valence electrons. The molecular formula is C23H27N3O5. The van der Waals surface area contributed by atoms with Gasteiger partial charge in [-0.3, -0.25) is 4.79 Å². The smallest absolute Gasteiger partial charge is 0.295 e. The van der Waals surface area contributed by atoms with Crippen molar-refractivity contribution < 1.29 is 24.1 Å². The highest BCUT2D eigenvalue weighted by Gasteiger charge is 2.19.